The Morgan fingerprint density at radius 2 is 2.00 bits per heavy atom. The molecule has 5 heteroatoms. The first-order valence-electron chi connectivity index (χ1n) is 7.15. The number of hydrogen-bond acceptors (Lipinski definition) is 3. The lowest BCUT2D eigenvalue weighted by Crippen LogP contribution is -2.03. The summed E-state index contributed by atoms with van der Waals surface area (Å²) in [5, 5.41) is 3.44. The molecule has 2 rings (SSSR count). The zero-order valence-corrected chi connectivity index (χ0v) is 16.3. The van der Waals surface area contributed by atoms with Crippen molar-refractivity contribution in [3.63, 3.8) is 0 Å². The maximum absolute atomic E-state index is 5.64. The van der Waals surface area contributed by atoms with Crippen LogP contribution in [0.1, 0.15) is 11.1 Å². The zero-order chi connectivity index (χ0) is 16.8. The Labute approximate surface area is 154 Å². The van der Waals surface area contributed by atoms with Crippen LogP contribution in [-0.2, 0) is 6.54 Å². The van der Waals surface area contributed by atoms with E-state index in [1.807, 2.05) is 18.2 Å². The number of hydrogen-bond donors (Lipinski definition) is 1. The quantitative estimate of drug-likeness (QED) is 0.559. The fourth-order valence-corrected chi connectivity index (χ4v) is 3.26. The molecule has 23 heavy (non-hydrogen) atoms. The van der Waals surface area contributed by atoms with Crippen molar-refractivity contribution in [1.82, 2.24) is 0 Å². The summed E-state index contributed by atoms with van der Waals surface area (Å²) in [6.45, 7) is 6.87. The lowest BCUT2D eigenvalue weighted by atomic mass is 10.1. The monoisotopic (exact) mass is 439 g/mol. The topological polar surface area (TPSA) is 30.5 Å². The van der Waals surface area contributed by atoms with Crippen molar-refractivity contribution >= 4 is 37.5 Å². The molecule has 1 N–H and O–H groups in total. The summed E-state index contributed by atoms with van der Waals surface area (Å²) < 4.78 is 13.0. The largest absolute Gasteiger partial charge is 0.493 e. The van der Waals surface area contributed by atoms with Crippen LogP contribution < -0.4 is 14.8 Å². The summed E-state index contributed by atoms with van der Waals surface area (Å²) in [7, 11) is 1.64. The first kappa shape index (κ1) is 17.9. The molecular weight excluding hydrogens is 422 g/mol. The number of ether oxygens (including phenoxy) is 2. The molecule has 0 saturated heterocycles. The van der Waals surface area contributed by atoms with E-state index in [1.165, 1.54) is 5.56 Å². The first-order valence-corrected chi connectivity index (χ1v) is 8.74. The van der Waals surface area contributed by atoms with E-state index in [9.17, 15) is 0 Å². The Balaban J connectivity index is 2.16. The molecule has 2 aromatic carbocycles. The third-order valence-electron chi connectivity index (χ3n) is 3.31. The van der Waals surface area contributed by atoms with Crippen LogP contribution in [0.25, 0.3) is 0 Å². The summed E-state index contributed by atoms with van der Waals surface area (Å²) in [4.78, 5) is 0. The molecule has 0 heterocycles. The van der Waals surface area contributed by atoms with Gasteiger partial charge in [-0.15, -0.1) is 0 Å². The van der Waals surface area contributed by atoms with Gasteiger partial charge in [-0.25, -0.2) is 0 Å². The van der Waals surface area contributed by atoms with Crippen LogP contribution in [0.3, 0.4) is 0 Å². The van der Waals surface area contributed by atoms with Gasteiger partial charge in [0.1, 0.15) is 6.61 Å². The van der Waals surface area contributed by atoms with Gasteiger partial charge in [-0.2, -0.15) is 0 Å². The van der Waals surface area contributed by atoms with Crippen molar-refractivity contribution < 1.29 is 9.47 Å². The second-order valence-electron chi connectivity index (χ2n) is 5.02. The Morgan fingerprint density at radius 1 is 1.22 bits per heavy atom. The molecule has 0 radical (unpaired) electrons. The van der Waals surface area contributed by atoms with Gasteiger partial charge < -0.3 is 14.8 Å². The van der Waals surface area contributed by atoms with Gasteiger partial charge in [-0.3, -0.25) is 0 Å². The van der Waals surface area contributed by atoms with Gasteiger partial charge in [0.05, 0.1) is 11.6 Å². The van der Waals surface area contributed by atoms with E-state index in [2.05, 4.69) is 62.8 Å². The number of anilines is 1. The summed E-state index contributed by atoms with van der Waals surface area (Å²) in [5.74, 6) is 1.39. The van der Waals surface area contributed by atoms with Crippen LogP contribution in [-0.4, -0.2) is 13.7 Å². The summed E-state index contributed by atoms with van der Waals surface area (Å²) in [6.07, 6.45) is 1.71. The van der Waals surface area contributed by atoms with Gasteiger partial charge in [0, 0.05) is 16.7 Å². The van der Waals surface area contributed by atoms with Gasteiger partial charge in [0.25, 0.3) is 0 Å². The van der Waals surface area contributed by atoms with Crippen molar-refractivity contribution in [2.45, 2.75) is 13.5 Å². The number of halogens is 2. The second-order valence-corrected chi connectivity index (χ2v) is 6.79. The molecule has 0 bridgehead atoms. The summed E-state index contributed by atoms with van der Waals surface area (Å²) in [5.41, 5.74) is 3.40. The molecule has 3 nitrogen and oxygen atoms in total. The highest BCUT2D eigenvalue weighted by atomic mass is 79.9. The van der Waals surface area contributed by atoms with Crippen molar-refractivity contribution in [2.75, 3.05) is 19.0 Å². The highest BCUT2D eigenvalue weighted by Crippen LogP contribution is 2.37. The molecule has 0 amide bonds. The van der Waals surface area contributed by atoms with Crippen molar-refractivity contribution in [2.24, 2.45) is 0 Å². The van der Waals surface area contributed by atoms with Crippen LogP contribution in [0, 0.1) is 6.92 Å². The minimum absolute atomic E-state index is 0.435. The Bertz CT molecular complexity index is 702. The van der Waals surface area contributed by atoms with E-state index in [0.29, 0.717) is 24.7 Å². The van der Waals surface area contributed by atoms with Gasteiger partial charge in [0.2, 0.25) is 0 Å². The minimum Gasteiger partial charge on any atom is -0.493 e. The van der Waals surface area contributed by atoms with E-state index in [1.54, 1.807) is 13.2 Å². The maximum atomic E-state index is 5.64. The lowest BCUT2D eigenvalue weighted by molar-refractivity contribution is 0.324. The molecule has 0 aromatic heterocycles. The fourth-order valence-electron chi connectivity index (χ4n) is 2.18. The fraction of sp³-hybridized carbons (Fsp3) is 0.222. The molecule has 0 aliphatic heterocycles. The average Bonchev–Trinajstić information content (AvgIpc) is 2.52. The highest BCUT2D eigenvalue weighted by Gasteiger charge is 2.11. The molecule has 0 fully saturated rings. The standard InChI is InChI=1S/C18H19Br2NO2/c1-4-7-23-18-15(20)9-13(10-17(18)22-3)11-21-16-6-5-14(19)8-12(16)2/h4-6,8-10,21H,1,7,11H2,2-3H3. The third-order valence-corrected chi connectivity index (χ3v) is 4.39. The second kappa shape index (κ2) is 8.41. The Hall–Kier alpha value is -1.46. The predicted octanol–water partition coefficient (Wildman–Crippen LogP) is 5.71. The SMILES string of the molecule is C=CCOc1c(Br)cc(CNc2ccc(Br)cc2C)cc1OC. The van der Waals surface area contributed by atoms with Gasteiger partial charge in [-0.05, 0) is 64.3 Å². The number of aryl methyl sites for hydroxylation is 1. The minimum atomic E-state index is 0.435. The average molecular weight is 441 g/mol. The van der Waals surface area contributed by atoms with E-state index in [-0.39, 0.29) is 0 Å². The molecule has 0 spiro atoms. The molecule has 2 aromatic rings. The van der Waals surface area contributed by atoms with E-state index in [0.717, 1.165) is 20.2 Å². The normalized spacial score (nSPS) is 10.3. The van der Waals surface area contributed by atoms with E-state index >= 15 is 0 Å². The molecule has 0 atom stereocenters. The maximum Gasteiger partial charge on any atom is 0.175 e. The number of rotatable bonds is 7. The molecule has 0 saturated carbocycles. The van der Waals surface area contributed by atoms with Crippen molar-refractivity contribution in [3.8, 4) is 11.5 Å². The molecule has 0 aliphatic rings. The lowest BCUT2D eigenvalue weighted by Gasteiger charge is -2.15. The number of nitrogens with one attached hydrogen (secondary N) is 1. The predicted molar refractivity (Wildman–Crippen MR) is 103 cm³/mol. The first-order chi connectivity index (χ1) is 11.0. The molecular formula is C18H19Br2NO2. The van der Waals surface area contributed by atoms with Crippen molar-refractivity contribution in [1.29, 1.82) is 0 Å². The number of benzene rings is 2. The van der Waals surface area contributed by atoms with E-state index in [4.69, 9.17) is 9.47 Å². The van der Waals surface area contributed by atoms with Crippen LogP contribution in [0.15, 0.2) is 51.9 Å². The zero-order valence-electron chi connectivity index (χ0n) is 13.2. The third kappa shape index (κ3) is 4.75. The Morgan fingerprint density at radius 3 is 2.65 bits per heavy atom. The van der Waals surface area contributed by atoms with Crippen LogP contribution in [0.4, 0.5) is 5.69 Å². The highest BCUT2D eigenvalue weighted by molar-refractivity contribution is 9.10. The van der Waals surface area contributed by atoms with Gasteiger partial charge in [0.15, 0.2) is 11.5 Å². The van der Waals surface area contributed by atoms with Crippen LogP contribution in [0.5, 0.6) is 11.5 Å². The molecule has 0 aliphatic carbocycles. The smallest absolute Gasteiger partial charge is 0.175 e. The summed E-state index contributed by atoms with van der Waals surface area (Å²) >= 11 is 7.02. The van der Waals surface area contributed by atoms with Crippen LogP contribution in [0.2, 0.25) is 0 Å². The summed E-state index contributed by atoms with van der Waals surface area (Å²) in [6, 6.07) is 10.2. The Kier molecular flexibility index (Phi) is 6.54. The molecule has 0 unspecified atom stereocenters. The van der Waals surface area contributed by atoms with E-state index < -0.39 is 0 Å². The number of methoxy groups -OCH3 is 1. The van der Waals surface area contributed by atoms with Crippen molar-refractivity contribution in [3.05, 3.63) is 63.1 Å². The molecule has 122 valence electrons. The van der Waals surface area contributed by atoms with Gasteiger partial charge >= 0.3 is 0 Å². The van der Waals surface area contributed by atoms with Gasteiger partial charge in [-0.1, -0.05) is 28.6 Å². The van der Waals surface area contributed by atoms with Crippen LogP contribution >= 0.6 is 31.9 Å².